The highest BCUT2D eigenvalue weighted by atomic mass is 16.5. The molecule has 0 atom stereocenters. The second kappa shape index (κ2) is 9.53. The van der Waals surface area contributed by atoms with Crippen LogP contribution in [-0.2, 0) is 17.8 Å². The number of ether oxygens (including phenoxy) is 1. The van der Waals surface area contributed by atoms with Crippen molar-refractivity contribution in [3.05, 3.63) is 41.7 Å². The molecule has 160 valence electrons. The van der Waals surface area contributed by atoms with Crippen LogP contribution < -0.4 is 0 Å². The lowest BCUT2D eigenvalue weighted by Gasteiger charge is -2.24. The highest BCUT2D eigenvalue weighted by Gasteiger charge is 2.24. The van der Waals surface area contributed by atoms with Crippen molar-refractivity contribution in [3.63, 3.8) is 0 Å². The minimum absolute atomic E-state index is 0.426. The van der Waals surface area contributed by atoms with E-state index in [1.54, 1.807) is 7.11 Å². The first-order valence-electron chi connectivity index (χ1n) is 10.8. The fourth-order valence-corrected chi connectivity index (χ4v) is 4.11. The molecule has 0 spiro atoms. The van der Waals surface area contributed by atoms with Crippen molar-refractivity contribution < 1.29 is 9.26 Å². The summed E-state index contributed by atoms with van der Waals surface area (Å²) in [7, 11) is 5.88. The van der Waals surface area contributed by atoms with E-state index in [2.05, 4.69) is 63.2 Å². The highest BCUT2D eigenvalue weighted by Crippen LogP contribution is 2.33. The van der Waals surface area contributed by atoms with Crippen LogP contribution in [0.2, 0.25) is 0 Å². The number of likely N-dealkylation sites (N-methyl/N-ethyl adjacent to an activating group) is 1. The summed E-state index contributed by atoms with van der Waals surface area (Å²) in [5.41, 5.74) is 4.13. The minimum atomic E-state index is 0.426. The summed E-state index contributed by atoms with van der Waals surface area (Å²) in [6.45, 7) is 1.50. The van der Waals surface area contributed by atoms with Crippen LogP contribution in [0.15, 0.2) is 35.0 Å². The lowest BCUT2D eigenvalue weighted by atomic mass is 9.95. The van der Waals surface area contributed by atoms with Gasteiger partial charge in [-0.1, -0.05) is 48.7 Å². The van der Waals surface area contributed by atoms with E-state index < -0.39 is 0 Å². The normalized spacial score (nSPS) is 15.2. The van der Waals surface area contributed by atoms with Gasteiger partial charge in [0.1, 0.15) is 0 Å². The van der Waals surface area contributed by atoms with E-state index in [4.69, 9.17) is 9.26 Å². The number of rotatable bonds is 8. The SMILES string of the molecule is COCc1c(-c2nc(-c3ccc(CCN(C)C)cc3)no2)cnn1C1CCCCC1. The Morgan fingerprint density at radius 3 is 2.60 bits per heavy atom. The maximum atomic E-state index is 5.63. The molecule has 1 aliphatic carbocycles. The van der Waals surface area contributed by atoms with Crippen LogP contribution in [0.1, 0.15) is 49.4 Å². The Morgan fingerprint density at radius 1 is 1.13 bits per heavy atom. The molecule has 1 aliphatic rings. The van der Waals surface area contributed by atoms with Crippen molar-refractivity contribution in [1.82, 2.24) is 24.8 Å². The molecular formula is C23H31N5O2. The van der Waals surface area contributed by atoms with Crippen LogP contribution in [0.5, 0.6) is 0 Å². The maximum Gasteiger partial charge on any atom is 0.261 e. The standard InChI is InChI=1S/C23H31N5O2/c1-27(2)14-13-17-9-11-18(12-10-17)22-25-23(30-26-22)20-15-24-28(21(20)16-29-3)19-7-5-4-6-8-19/h9-12,15,19H,4-8,13-14,16H2,1-3H3. The Bertz CT molecular complexity index is 939. The van der Waals surface area contributed by atoms with E-state index in [0.29, 0.717) is 24.4 Å². The number of benzene rings is 1. The second-order valence-electron chi connectivity index (χ2n) is 8.35. The average molecular weight is 410 g/mol. The highest BCUT2D eigenvalue weighted by molar-refractivity contribution is 5.61. The molecule has 0 amide bonds. The van der Waals surface area contributed by atoms with Crippen molar-refractivity contribution in [1.29, 1.82) is 0 Å². The van der Waals surface area contributed by atoms with Gasteiger partial charge < -0.3 is 14.2 Å². The number of hydrogen-bond donors (Lipinski definition) is 0. The Morgan fingerprint density at radius 2 is 1.90 bits per heavy atom. The molecule has 0 saturated heterocycles. The van der Waals surface area contributed by atoms with Gasteiger partial charge in [0, 0.05) is 19.2 Å². The third-order valence-corrected chi connectivity index (χ3v) is 5.82. The molecule has 0 unspecified atom stereocenters. The predicted molar refractivity (Wildman–Crippen MR) is 116 cm³/mol. The third kappa shape index (κ3) is 4.63. The molecule has 7 heteroatoms. The predicted octanol–water partition coefficient (Wildman–Crippen LogP) is 4.36. The smallest absolute Gasteiger partial charge is 0.261 e. The van der Waals surface area contributed by atoms with Crippen molar-refractivity contribution in [3.8, 4) is 22.8 Å². The number of hydrogen-bond acceptors (Lipinski definition) is 6. The van der Waals surface area contributed by atoms with Gasteiger partial charge in [0.15, 0.2) is 0 Å². The molecule has 0 aliphatic heterocycles. The molecule has 1 aromatic carbocycles. The van der Waals surface area contributed by atoms with E-state index in [0.717, 1.165) is 42.6 Å². The summed E-state index contributed by atoms with van der Waals surface area (Å²) >= 11 is 0. The first kappa shape index (κ1) is 20.8. The van der Waals surface area contributed by atoms with E-state index in [9.17, 15) is 0 Å². The maximum absolute atomic E-state index is 5.63. The first-order valence-corrected chi connectivity index (χ1v) is 10.8. The summed E-state index contributed by atoms with van der Waals surface area (Å²) in [5.74, 6) is 1.09. The molecule has 30 heavy (non-hydrogen) atoms. The summed E-state index contributed by atoms with van der Waals surface area (Å²) in [4.78, 5) is 6.85. The van der Waals surface area contributed by atoms with Crippen molar-refractivity contribution in [2.75, 3.05) is 27.7 Å². The van der Waals surface area contributed by atoms with Gasteiger partial charge in [-0.15, -0.1) is 0 Å². The van der Waals surface area contributed by atoms with Crippen LogP contribution in [0.3, 0.4) is 0 Å². The molecule has 1 fully saturated rings. The van der Waals surface area contributed by atoms with Crippen LogP contribution in [0.4, 0.5) is 0 Å². The molecule has 1 saturated carbocycles. The summed E-state index contributed by atoms with van der Waals surface area (Å²) in [6, 6.07) is 8.80. The topological polar surface area (TPSA) is 69.2 Å². The van der Waals surface area contributed by atoms with Crippen LogP contribution in [0, 0.1) is 0 Å². The van der Waals surface area contributed by atoms with E-state index >= 15 is 0 Å². The summed E-state index contributed by atoms with van der Waals surface area (Å²) in [6.07, 6.45) is 8.99. The Hall–Kier alpha value is -2.51. The van der Waals surface area contributed by atoms with Crippen molar-refractivity contribution in [2.45, 2.75) is 51.2 Å². The van der Waals surface area contributed by atoms with E-state index in [1.807, 2.05) is 6.20 Å². The Kier molecular flexibility index (Phi) is 6.59. The van der Waals surface area contributed by atoms with Crippen molar-refractivity contribution >= 4 is 0 Å². The van der Waals surface area contributed by atoms with Gasteiger partial charge in [0.05, 0.1) is 30.1 Å². The third-order valence-electron chi connectivity index (χ3n) is 5.82. The Balaban J connectivity index is 1.55. The molecule has 2 heterocycles. The lowest BCUT2D eigenvalue weighted by Crippen LogP contribution is -2.17. The fraction of sp³-hybridized carbons (Fsp3) is 0.522. The zero-order chi connectivity index (χ0) is 20.9. The van der Waals surface area contributed by atoms with E-state index in [1.165, 1.54) is 24.8 Å². The summed E-state index contributed by atoms with van der Waals surface area (Å²) < 4.78 is 13.2. The molecule has 4 rings (SSSR count). The monoisotopic (exact) mass is 409 g/mol. The molecule has 3 aromatic rings. The average Bonchev–Trinajstić information content (AvgIpc) is 3.41. The van der Waals surface area contributed by atoms with Crippen LogP contribution >= 0.6 is 0 Å². The fourth-order valence-electron chi connectivity index (χ4n) is 4.11. The van der Waals surface area contributed by atoms with Gasteiger partial charge in [0.25, 0.3) is 5.89 Å². The number of aromatic nitrogens is 4. The molecule has 0 N–H and O–H groups in total. The number of methoxy groups -OCH3 is 1. The number of nitrogens with zero attached hydrogens (tertiary/aromatic N) is 5. The van der Waals surface area contributed by atoms with E-state index in [-0.39, 0.29) is 0 Å². The largest absolute Gasteiger partial charge is 0.378 e. The first-order chi connectivity index (χ1) is 14.7. The van der Waals surface area contributed by atoms with Gasteiger partial charge in [0.2, 0.25) is 5.82 Å². The lowest BCUT2D eigenvalue weighted by molar-refractivity contribution is 0.171. The molecular weight excluding hydrogens is 378 g/mol. The van der Waals surface area contributed by atoms with Gasteiger partial charge >= 0.3 is 0 Å². The zero-order valence-electron chi connectivity index (χ0n) is 18.2. The van der Waals surface area contributed by atoms with Crippen LogP contribution in [-0.4, -0.2) is 52.6 Å². The zero-order valence-corrected chi connectivity index (χ0v) is 18.2. The second-order valence-corrected chi connectivity index (χ2v) is 8.35. The van der Waals surface area contributed by atoms with Gasteiger partial charge in [-0.25, -0.2) is 0 Å². The molecule has 2 aromatic heterocycles. The van der Waals surface area contributed by atoms with Gasteiger partial charge in [-0.05, 0) is 38.9 Å². The quantitative estimate of drug-likeness (QED) is 0.551. The van der Waals surface area contributed by atoms with Crippen molar-refractivity contribution in [2.24, 2.45) is 0 Å². The molecule has 0 bridgehead atoms. The molecule has 0 radical (unpaired) electrons. The minimum Gasteiger partial charge on any atom is -0.378 e. The Labute approximate surface area is 178 Å². The van der Waals surface area contributed by atoms with Gasteiger partial charge in [-0.3, -0.25) is 4.68 Å². The summed E-state index contributed by atoms with van der Waals surface area (Å²) in [5, 5.41) is 8.89. The van der Waals surface area contributed by atoms with Gasteiger partial charge in [-0.2, -0.15) is 10.1 Å². The molecule has 7 nitrogen and oxygen atoms in total. The van der Waals surface area contributed by atoms with Crippen LogP contribution in [0.25, 0.3) is 22.8 Å².